The third-order valence-electron chi connectivity index (χ3n) is 4.67. The number of hydrogen-bond acceptors (Lipinski definition) is 4. The molecule has 0 aliphatic carbocycles. The molecule has 2 aromatic carbocycles. The van der Waals surface area contributed by atoms with Gasteiger partial charge in [0.15, 0.2) is 13.2 Å². The Hall–Kier alpha value is -2.95. The van der Waals surface area contributed by atoms with Crippen molar-refractivity contribution in [2.75, 3.05) is 26.3 Å². The number of alkyl halides is 6. The predicted octanol–water partition coefficient (Wildman–Crippen LogP) is 4.19. The molecule has 0 radical (unpaired) electrons. The minimum absolute atomic E-state index is 0.113. The van der Waals surface area contributed by atoms with Gasteiger partial charge in [-0.1, -0.05) is 24.3 Å². The van der Waals surface area contributed by atoms with Gasteiger partial charge in [-0.05, 0) is 42.3 Å². The molecule has 174 valence electrons. The summed E-state index contributed by atoms with van der Waals surface area (Å²) in [6, 6.07) is 10.3. The van der Waals surface area contributed by atoms with Gasteiger partial charge in [0.2, 0.25) is 0 Å². The van der Waals surface area contributed by atoms with Gasteiger partial charge < -0.3 is 20.1 Å². The molecule has 3 rings (SSSR count). The second-order valence-corrected chi connectivity index (χ2v) is 7.13. The topological polar surface area (TPSA) is 59.6 Å². The summed E-state index contributed by atoms with van der Waals surface area (Å²) in [5.41, 5.74) is 1.73. The van der Waals surface area contributed by atoms with Crippen molar-refractivity contribution in [3.8, 4) is 11.5 Å². The molecule has 0 saturated heterocycles. The number of carbonyl (C=O) groups is 1. The summed E-state index contributed by atoms with van der Waals surface area (Å²) in [7, 11) is 0. The Bertz CT molecular complexity index is 946. The van der Waals surface area contributed by atoms with Crippen LogP contribution in [0.15, 0.2) is 42.5 Å². The van der Waals surface area contributed by atoms with Crippen molar-refractivity contribution >= 4 is 5.91 Å². The second-order valence-electron chi connectivity index (χ2n) is 7.13. The Balaban J connectivity index is 1.75. The Morgan fingerprint density at radius 3 is 2.41 bits per heavy atom. The zero-order chi connectivity index (χ0) is 23.4. The largest absolute Gasteiger partial charge is 0.484 e. The van der Waals surface area contributed by atoms with Gasteiger partial charge in [0.1, 0.15) is 11.5 Å². The van der Waals surface area contributed by atoms with Crippen LogP contribution < -0.4 is 20.1 Å². The summed E-state index contributed by atoms with van der Waals surface area (Å²) in [6.07, 6.45) is -8.46. The van der Waals surface area contributed by atoms with Crippen molar-refractivity contribution in [3.63, 3.8) is 0 Å². The summed E-state index contributed by atoms with van der Waals surface area (Å²) in [5.74, 6) is -1.55. The number of benzene rings is 2. The van der Waals surface area contributed by atoms with Crippen LogP contribution in [0.25, 0.3) is 0 Å². The third-order valence-corrected chi connectivity index (χ3v) is 4.67. The van der Waals surface area contributed by atoms with Crippen LogP contribution in [0, 0.1) is 0 Å². The van der Waals surface area contributed by atoms with E-state index in [9.17, 15) is 31.1 Å². The number of rotatable bonds is 7. The van der Waals surface area contributed by atoms with Gasteiger partial charge in [0, 0.05) is 12.6 Å². The van der Waals surface area contributed by atoms with E-state index in [-0.39, 0.29) is 23.9 Å². The van der Waals surface area contributed by atoms with E-state index >= 15 is 0 Å². The van der Waals surface area contributed by atoms with Gasteiger partial charge in [-0.15, -0.1) is 0 Å². The van der Waals surface area contributed by atoms with E-state index in [1.165, 1.54) is 0 Å². The molecule has 1 amide bonds. The number of halogens is 6. The van der Waals surface area contributed by atoms with Crippen molar-refractivity contribution in [2.45, 2.75) is 24.8 Å². The van der Waals surface area contributed by atoms with Gasteiger partial charge >= 0.3 is 12.4 Å². The maximum absolute atomic E-state index is 12.7. The van der Waals surface area contributed by atoms with Crippen LogP contribution in [0.2, 0.25) is 0 Å². The fraction of sp³-hybridized carbons (Fsp3) is 0.381. The number of amides is 1. The lowest BCUT2D eigenvalue weighted by Crippen LogP contribution is -2.39. The number of carbonyl (C=O) groups excluding carboxylic acids is 1. The van der Waals surface area contributed by atoms with E-state index in [0.717, 1.165) is 35.7 Å². The Kier molecular flexibility index (Phi) is 7.17. The van der Waals surface area contributed by atoms with Crippen LogP contribution in [0.5, 0.6) is 11.5 Å². The molecule has 0 aromatic heterocycles. The van der Waals surface area contributed by atoms with Crippen molar-refractivity contribution < 1.29 is 40.6 Å². The lowest BCUT2D eigenvalue weighted by atomic mass is 9.94. The zero-order valence-corrected chi connectivity index (χ0v) is 16.6. The van der Waals surface area contributed by atoms with Crippen LogP contribution in [0.4, 0.5) is 26.3 Å². The number of fused-ring (bicyclic) bond motifs is 1. The van der Waals surface area contributed by atoms with E-state index < -0.39 is 37.2 Å². The zero-order valence-electron chi connectivity index (χ0n) is 16.6. The van der Waals surface area contributed by atoms with Crippen molar-refractivity contribution in [1.82, 2.24) is 10.6 Å². The van der Waals surface area contributed by atoms with Gasteiger partial charge in [-0.3, -0.25) is 4.79 Å². The predicted molar refractivity (Wildman–Crippen MR) is 103 cm³/mol. The molecule has 32 heavy (non-hydrogen) atoms. The maximum Gasteiger partial charge on any atom is 0.422 e. The molecule has 0 fully saturated rings. The van der Waals surface area contributed by atoms with Gasteiger partial charge in [-0.25, -0.2) is 0 Å². The van der Waals surface area contributed by atoms with E-state index in [1.54, 1.807) is 0 Å². The summed E-state index contributed by atoms with van der Waals surface area (Å²) in [5, 5.41) is 5.85. The van der Waals surface area contributed by atoms with Crippen molar-refractivity contribution in [2.24, 2.45) is 0 Å². The maximum atomic E-state index is 12.7. The summed E-state index contributed by atoms with van der Waals surface area (Å²) < 4.78 is 84.2. The Labute approximate surface area is 179 Å². The minimum atomic E-state index is -4.66. The molecule has 0 bridgehead atoms. The van der Waals surface area contributed by atoms with Crippen LogP contribution in [-0.4, -0.2) is 44.6 Å². The highest BCUT2D eigenvalue weighted by Crippen LogP contribution is 2.28. The van der Waals surface area contributed by atoms with Crippen LogP contribution in [-0.2, 0) is 6.42 Å². The first-order valence-electron chi connectivity index (χ1n) is 9.64. The molecule has 1 unspecified atom stereocenters. The standard InChI is InChI=1S/C21H20F6N2O3/c22-20(23,24)11-31-14-5-6-18(32-12-21(25,26)27)16(9-14)19(30)29-10-17-15-4-2-1-3-13(15)7-8-28-17/h1-6,9,17,28H,7-8,10-12H2,(H,29,30). The highest BCUT2D eigenvalue weighted by Gasteiger charge is 2.31. The van der Waals surface area contributed by atoms with Crippen LogP contribution in [0.1, 0.15) is 27.5 Å². The molecule has 1 atom stereocenters. The average Bonchev–Trinajstić information content (AvgIpc) is 2.73. The smallest absolute Gasteiger partial charge is 0.422 e. The van der Waals surface area contributed by atoms with Crippen LogP contribution >= 0.6 is 0 Å². The molecule has 1 aliphatic rings. The van der Waals surface area contributed by atoms with Gasteiger partial charge in [0.25, 0.3) is 5.91 Å². The normalized spacial score (nSPS) is 16.2. The van der Waals surface area contributed by atoms with E-state index in [2.05, 4.69) is 15.4 Å². The van der Waals surface area contributed by atoms with E-state index in [1.807, 2.05) is 24.3 Å². The average molecular weight is 462 g/mol. The molecule has 2 N–H and O–H groups in total. The first-order chi connectivity index (χ1) is 15.0. The highest BCUT2D eigenvalue weighted by atomic mass is 19.4. The number of hydrogen-bond donors (Lipinski definition) is 2. The first-order valence-corrected chi connectivity index (χ1v) is 9.64. The monoisotopic (exact) mass is 462 g/mol. The fourth-order valence-electron chi connectivity index (χ4n) is 3.29. The molecular formula is C21H20F6N2O3. The Morgan fingerprint density at radius 2 is 1.69 bits per heavy atom. The van der Waals surface area contributed by atoms with Crippen LogP contribution in [0.3, 0.4) is 0 Å². The molecule has 1 aliphatic heterocycles. The molecule has 1 heterocycles. The lowest BCUT2D eigenvalue weighted by molar-refractivity contribution is -0.154. The number of nitrogens with one attached hydrogen (secondary N) is 2. The van der Waals surface area contributed by atoms with E-state index in [4.69, 9.17) is 4.74 Å². The first kappa shape index (κ1) is 23.7. The molecule has 11 heteroatoms. The SMILES string of the molecule is O=C(NCC1NCCc2ccccc21)c1cc(OCC(F)(F)F)ccc1OCC(F)(F)F. The fourth-order valence-corrected chi connectivity index (χ4v) is 3.29. The number of ether oxygens (including phenoxy) is 2. The third kappa shape index (κ3) is 6.78. The van der Waals surface area contributed by atoms with Gasteiger partial charge in [-0.2, -0.15) is 26.3 Å². The molecule has 0 saturated carbocycles. The minimum Gasteiger partial charge on any atom is -0.484 e. The molecular weight excluding hydrogens is 442 g/mol. The van der Waals surface area contributed by atoms with Crippen molar-refractivity contribution in [1.29, 1.82) is 0 Å². The molecule has 0 spiro atoms. The summed E-state index contributed by atoms with van der Waals surface area (Å²) in [4.78, 5) is 12.7. The quantitative estimate of drug-likeness (QED) is 0.606. The van der Waals surface area contributed by atoms with E-state index in [0.29, 0.717) is 6.54 Å². The van der Waals surface area contributed by atoms with Crippen molar-refractivity contribution in [3.05, 3.63) is 59.2 Å². The highest BCUT2D eigenvalue weighted by molar-refractivity contribution is 5.97. The Morgan fingerprint density at radius 1 is 1.00 bits per heavy atom. The summed E-state index contributed by atoms with van der Waals surface area (Å²) in [6.45, 7) is -2.48. The van der Waals surface area contributed by atoms with Gasteiger partial charge in [0.05, 0.1) is 5.56 Å². The summed E-state index contributed by atoms with van der Waals surface area (Å²) >= 11 is 0. The molecule has 5 nitrogen and oxygen atoms in total. The lowest BCUT2D eigenvalue weighted by Gasteiger charge is -2.27. The molecule has 2 aromatic rings. The second kappa shape index (κ2) is 9.68.